The van der Waals surface area contributed by atoms with Crippen LogP contribution in [0.4, 0.5) is 5.69 Å². The Hall–Kier alpha value is -2.54. The third-order valence-electron chi connectivity index (χ3n) is 3.69. The summed E-state index contributed by atoms with van der Waals surface area (Å²) >= 11 is 0. The molecule has 0 heterocycles. The summed E-state index contributed by atoms with van der Waals surface area (Å²) in [7, 11) is -2.22. The zero-order valence-corrected chi connectivity index (χ0v) is 15.1. The first kappa shape index (κ1) is 18.8. The number of benzene rings is 2. The Morgan fingerprint density at radius 1 is 1.16 bits per heavy atom. The van der Waals surface area contributed by atoms with E-state index in [1.54, 1.807) is 31.4 Å². The first-order valence-electron chi connectivity index (χ1n) is 7.72. The van der Waals surface area contributed by atoms with Crippen LogP contribution in [0.3, 0.4) is 0 Å². The summed E-state index contributed by atoms with van der Waals surface area (Å²) in [5, 5.41) is 10.6. The van der Waals surface area contributed by atoms with Gasteiger partial charge in [0.25, 0.3) is 10.0 Å². The van der Waals surface area contributed by atoms with E-state index in [-0.39, 0.29) is 17.2 Å². The molecule has 0 aromatic heterocycles. The molecule has 2 aromatic rings. The second-order valence-electron chi connectivity index (χ2n) is 5.91. The van der Waals surface area contributed by atoms with Crippen molar-refractivity contribution in [2.45, 2.75) is 31.1 Å². The molecule has 0 radical (unpaired) electrons. The summed E-state index contributed by atoms with van der Waals surface area (Å²) < 4.78 is 32.9. The van der Waals surface area contributed by atoms with E-state index in [9.17, 15) is 18.3 Å². The Morgan fingerprint density at radius 2 is 1.80 bits per heavy atom. The molecule has 134 valence electrons. The summed E-state index contributed by atoms with van der Waals surface area (Å²) in [4.78, 5) is 10.7. The standard InChI is InChI=1S/C18H21NO5S/c1-12(2)16-11-15(8-9-17(16)24-3)25(22,23)19-14-6-4-13(5-7-14)10-18(20)21/h4-9,11-12,19H,10H2,1-3H3,(H,20,21)/p-1. The summed E-state index contributed by atoms with van der Waals surface area (Å²) in [5.74, 6) is -0.442. The number of ether oxygens (including phenoxy) is 1. The topological polar surface area (TPSA) is 95.5 Å². The van der Waals surface area contributed by atoms with Crippen molar-refractivity contribution < 1.29 is 23.1 Å². The van der Waals surface area contributed by atoms with Crippen LogP contribution >= 0.6 is 0 Å². The molecule has 2 aromatic carbocycles. The molecule has 0 amide bonds. The predicted octanol–water partition coefficient (Wildman–Crippen LogP) is 1.91. The van der Waals surface area contributed by atoms with Crippen LogP contribution in [0.2, 0.25) is 0 Å². The first-order chi connectivity index (χ1) is 11.7. The maximum Gasteiger partial charge on any atom is 0.261 e. The SMILES string of the molecule is COc1ccc(S(=O)(=O)Nc2ccc(CC(=O)[O-])cc2)cc1C(C)C. The van der Waals surface area contributed by atoms with Gasteiger partial charge in [-0.1, -0.05) is 26.0 Å². The number of carbonyl (C=O) groups is 1. The van der Waals surface area contributed by atoms with E-state index >= 15 is 0 Å². The monoisotopic (exact) mass is 362 g/mol. The van der Waals surface area contributed by atoms with Crippen molar-refractivity contribution in [1.82, 2.24) is 0 Å². The molecule has 0 aliphatic carbocycles. The van der Waals surface area contributed by atoms with Crippen molar-refractivity contribution in [3.05, 3.63) is 53.6 Å². The van der Waals surface area contributed by atoms with E-state index in [2.05, 4.69) is 4.72 Å². The molecule has 0 saturated carbocycles. The minimum atomic E-state index is -3.76. The number of anilines is 1. The van der Waals surface area contributed by atoms with E-state index in [1.165, 1.54) is 18.2 Å². The summed E-state index contributed by atoms with van der Waals surface area (Å²) in [6, 6.07) is 10.8. The Balaban J connectivity index is 2.27. The van der Waals surface area contributed by atoms with Gasteiger partial charge in [0, 0.05) is 18.1 Å². The first-order valence-corrected chi connectivity index (χ1v) is 9.21. The minimum Gasteiger partial charge on any atom is -0.550 e. The van der Waals surface area contributed by atoms with Crippen LogP contribution < -0.4 is 14.6 Å². The second kappa shape index (κ2) is 7.57. The van der Waals surface area contributed by atoms with Gasteiger partial charge in [-0.3, -0.25) is 4.72 Å². The third kappa shape index (κ3) is 4.73. The second-order valence-corrected chi connectivity index (χ2v) is 7.59. The van der Waals surface area contributed by atoms with Crippen LogP contribution in [0.15, 0.2) is 47.4 Å². The smallest absolute Gasteiger partial charge is 0.261 e. The van der Waals surface area contributed by atoms with Gasteiger partial charge >= 0.3 is 0 Å². The van der Waals surface area contributed by atoms with Gasteiger partial charge in [-0.2, -0.15) is 0 Å². The third-order valence-corrected chi connectivity index (χ3v) is 5.07. The molecular formula is C18H20NO5S-. The number of sulfonamides is 1. The van der Waals surface area contributed by atoms with Crippen molar-refractivity contribution in [2.75, 3.05) is 11.8 Å². The Morgan fingerprint density at radius 3 is 2.32 bits per heavy atom. The van der Waals surface area contributed by atoms with Crippen LogP contribution in [-0.4, -0.2) is 21.5 Å². The number of carbonyl (C=O) groups excluding carboxylic acids is 1. The minimum absolute atomic E-state index is 0.106. The molecule has 0 aliphatic rings. The van der Waals surface area contributed by atoms with Crippen LogP contribution in [0.5, 0.6) is 5.75 Å². The number of rotatable bonds is 7. The molecule has 6 nitrogen and oxygen atoms in total. The maximum atomic E-state index is 12.6. The lowest BCUT2D eigenvalue weighted by Crippen LogP contribution is -2.24. The Bertz CT molecular complexity index is 858. The summed E-state index contributed by atoms with van der Waals surface area (Å²) in [5.41, 5.74) is 1.69. The highest BCUT2D eigenvalue weighted by Crippen LogP contribution is 2.29. The van der Waals surface area contributed by atoms with Crippen LogP contribution in [0, 0.1) is 0 Å². The van der Waals surface area contributed by atoms with E-state index in [0.29, 0.717) is 17.0 Å². The number of hydrogen-bond acceptors (Lipinski definition) is 5. The number of nitrogens with one attached hydrogen (secondary N) is 1. The number of carboxylic acids is 1. The maximum absolute atomic E-state index is 12.6. The van der Waals surface area contributed by atoms with Crippen LogP contribution in [0.25, 0.3) is 0 Å². The van der Waals surface area contributed by atoms with Crippen molar-refractivity contribution in [3.8, 4) is 5.75 Å². The largest absolute Gasteiger partial charge is 0.550 e. The molecule has 0 bridgehead atoms. The Kier molecular flexibility index (Phi) is 5.69. The van der Waals surface area contributed by atoms with E-state index in [1.807, 2.05) is 13.8 Å². The van der Waals surface area contributed by atoms with Gasteiger partial charge < -0.3 is 14.6 Å². The fourth-order valence-corrected chi connectivity index (χ4v) is 3.50. The quantitative estimate of drug-likeness (QED) is 0.812. The molecule has 25 heavy (non-hydrogen) atoms. The van der Waals surface area contributed by atoms with Gasteiger partial charge in [0.05, 0.1) is 12.0 Å². The molecule has 0 atom stereocenters. The molecule has 1 N–H and O–H groups in total. The van der Waals surface area contributed by atoms with Gasteiger partial charge in [0.15, 0.2) is 0 Å². The number of methoxy groups -OCH3 is 1. The van der Waals surface area contributed by atoms with Crippen molar-refractivity contribution >= 4 is 21.7 Å². The highest BCUT2D eigenvalue weighted by Gasteiger charge is 2.18. The Labute approximate surface area is 147 Å². The zero-order valence-electron chi connectivity index (χ0n) is 14.3. The molecular weight excluding hydrogens is 342 g/mol. The molecule has 7 heteroatoms. The zero-order chi connectivity index (χ0) is 18.6. The fraction of sp³-hybridized carbons (Fsp3) is 0.278. The number of aliphatic carboxylic acids is 1. The molecule has 0 spiro atoms. The highest BCUT2D eigenvalue weighted by atomic mass is 32.2. The lowest BCUT2D eigenvalue weighted by molar-refractivity contribution is -0.304. The van der Waals surface area contributed by atoms with Crippen molar-refractivity contribution in [1.29, 1.82) is 0 Å². The fourth-order valence-electron chi connectivity index (χ4n) is 2.40. The average Bonchev–Trinajstić information content (AvgIpc) is 2.55. The van der Waals surface area contributed by atoms with Crippen molar-refractivity contribution in [3.63, 3.8) is 0 Å². The number of hydrogen-bond donors (Lipinski definition) is 1. The molecule has 2 rings (SSSR count). The van der Waals surface area contributed by atoms with Gasteiger partial charge in [0.1, 0.15) is 5.75 Å². The molecule has 0 saturated heterocycles. The molecule has 0 fully saturated rings. The average molecular weight is 362 g/mol. The summed E-state index contributed by atoms with van der Waals surface area (Å²) in [6.45, 7) is 3.91. The molecule has 0 aliphatic heterocycles. The summed E-state index contributed by atoms with van der Waals surface area (Å²) in [6.07, 6.45) is -0.219. The van der Waals surface area contributed by atoms with E-state index in [4.69, 9.17) is 4.74 Å². The van der Waals surface area contributed by atoms with Crippen LogP contribution in [0.1, 0.15) is 30.9 Å². The van der Waals surface area contributed by atoms with Gasteiger partial charge in [-0.25, -0.2) is 8.42 Å². The van der Waals surface area contributed by atoms with Gasteiger partial charge in [-0.05, 0) is 47.4 Å². The van der Waals surface area contributed by atoms with E-state index in [0.717, 1.165) is 5.56 Å². The van der Waals surface area contributed by atoms with Crippen molar-refractivity contribution in [2.24, 2.45) is 0 Å². The lowest BCUT2D eigenvalue weighted by Gasteiger charge is -2.14. The van der Waals surface area contributed by atoms with E-state index < -0.39 is 16.0 Å². The van der Waals surface area contributed by atoms with Gasteiger partial charge in [0.2, 0.25) is 0 Å². The number of carboxylic acid groups (broad SMARTS) is 1. The normalized spacial score (nSPS) is 11.4. The van der Waals surface area contributed by atoms with Crippen LogP contribution in [-0.2, 0) is 21.2 Å². The molecule has 0 unspecified atom stereocenters. The lowest BCUT2D eigenvalue weighted by atomic mass is 10.0. The van der Waals surface area contributed by atoms with Gasteiger partial charge in [-0.15, -0.1) is 0 Å². The highest BCUT2D eigenvalue weighted by molar-refractivity contribution is 7.92. The predicted molar refractivity (Wildman–Crippen MR) is 93.0 cm³/mol.